The third-order valence-electron chi connectivity index (χ3n) is 5.56. The number of fused-ring (bicyclic) bond motifs is 2. The van der Waals surface area contributed by atoms with Gasteiger partial charge < -0.3 is 14.5 Å². The average Bonchev–Trinajstić information content (AvgIpc) is 3.34. The lowest BCUT2D eigenvalue weighted by Gasteiger charge is -2.15. The number of imide groups is 1. The molecule has 0 atom stereocenters. The second kappa shape index (κ2) is 7.90. The molecule has 2 aromatic heterocycles. The van der Waals surface area contributed by atoms with E-state index in [-0.39, 0.29) is 0 Å². The van der Waals surface area contributed by atoms with E-state index >= 15 is 0 Å². The summed E-state index contributed by atoms with van der Waals surface area (Å²) in [4.78, 5) is 43.5. The number of hydrogen-bond acceptors (Lipinski definition) is 5. The fraction of sp³-hybridized carbons (Fsp3) is 0.120. The van der Waals surface area contributed by atoms with Gasteiger partial charge in [0.15, 0.2) is 0 Å². The van der Waals surface area contributed by atoms with Gasteiger partial charge in [-0.2, -0.15) is 0 Å². The number of aromatic nitrogens is 2. The Kier molecular flexibility index (Phi) is 4.90. The lowest BCUT2D eigenvalue weighted by atomic mass is 10.1. The summed E-state index contributed by atoms with van der Waals surface area (Å²) in [5.41, 5.74) is 4.47. The molecule has 1 aliphatic rings. The fourth-order valence-corrected chi connectivity index (χ4v) is 3.90. The molecule has 8 heteroatoms. The molecule has 0 bridgehead atoms. The van der Waals surface area contributed by atoms with Crippen LogP contribution in [-0.2, 0) is 4.79 Å². The van der Waals surface area contributed by atoms with E-state index in [1.165, 1.54) is 7.11 Å². The molecule has 4 aromatic rings. The van der Waals surface area contributed by atoms with Crippen molar-refractivity contribution in [2.45, 2.75) is 6.92 Å². The highest BCUT2D eigenvalue weighted by molar-refractivity contribution is 6.22. The van der Waals surface area contributed by atoms with Crippen LogP contribution in [0.4, 0.5) is 5.69 Å². The third kappa shape index (κ3) is 3.61. The van der Waals surface area contributed by atoms with Gasteiger partial charge in [-0.15, -0.1) is 0 Å². The van der Waals surface area contributed by atoms with Gasteiger partial charge in [-0.3, -0.25) is 19.3 Å². The minimum atomic E-state index is -0.509. The monoisotopic (exact) mass is 440 g/mol. The first-order chi connectivity index (χ1) is 15.9. The minimum absolute atomic E-state index is 0.303. The van der Waals surface area contributed by atoms with E-state index in [9.17, 15) is 14.4 Å². The van der Waals surface area contributed by atoms with Crippen molar-refractivity contribution in [3.63, 3.8) is 0 Å². The number of hydrogen-bond donors (Lipinski definition) is 1. The molecule has 2 aromatic carbocycles. The van der Waals surface area contributed by atoms with Crippen molar-refractivity contribution in [2.75, 3.05) is 19.0 Å². The second-order valence-corrected chi connectivity index (χ2v) is 7.80. The summed E-state index contributed by atoms with van der Waals surface area (Å²) in [5.74, 6) is -1.02. The van der Waals surface area contributed by atoms with Crippen LogP contribution in [-0.4, -0.2) is 45.7 Å². The molecular weight excluding hydrogens is 420 g/mol. The van der Waals surface area contributed by atoms with Crippen LogP contribution in [0.2, 0.25) is 0 Å². The molecule has 0 saturated carbocycles. The second-order valence-electron chi connectivity index (χ2n) is 7.80. The summed E-state index contributed by atoms with van der Waals surface area (Å²) in [6, 6.07) is 15.9. The van der Waals surface area contributed by atoms with Gasteiger partial charge in [-0.05, 0) is 55.0 Å². The van der Waals surface area contributed by atoms with Crippen molar-refractivity contribution in [1.29, 1.82) is 0 Å². The minimum Gasteiger partial charge on any atom is -0.495 e. The highest BCUT2D eigenvalue weighted by atomic mass is 16.5. The van der Waals surface area contributed by atoms with Gasteiger partial charge in [0.2, 0.25) is 5.91 Å². The Morgan fingerprint density at radius 2 is 1.76 bits per heavy atom. The molecule has 0 fully saturated rings. The van der Waals surface area contributed by atoms with Crippen molar-refractivity contribution >= 4 is 29.1 Å². The number of carbonyl (C=O) groups is 3. The number of amides is 3. The maximum absolute atomic E-state index is 12.8. The zero-order valence-corrected chi connectivity index (χ0v) is 18.0. The van der Waals surface area contributed by atoms with Gasteiger partial charge in [-0.25, -0.2) is 4.98 Å². The van der Waals surface area contributed by atoms with Gasteiger partial charge in [-0.1, -0.05) is 12.1 Å². The maximum Gasteiger partial charge on any atom is 0.262 e. The Morgan fingerprint density at radius 1 is 1.03 bits per heavy atom. The number of aryl methyl sites for hydroxylation is 1. The predicted molar refractivity (Wildman–Crippen MR) is 122 cm³/mol. The number of methoxy groups -OCH3 is 1. The Hall–Kier alpha value is -4.46. The number of ether oxygens (including phenoxy) is 1. The number of nitrogens with zero attached hydrogens (tertiary/aromatic N) is 3. The Morgan fingerprint density at radius 3 is 2.45 bits per heavy atom. The molecule has 33 heavy (non-hydrogen) atoms. The van der Waals surface area contributed by atoms with E-state index in [4.69, 9.17) is 4.74 Å². The topological polar surface area (TPSA) is 93.0 Å². The number of anilines is 1. The van der Waals surface area contributed by atoms with Gasteiger partial charge in [0.25, 0.3) is 11.8 Å². The molecule has 0 saturated heterocycles. The van der Waals surface area contributed by atoms with Gasteiger partial charge in [0.05, 0.1) is 29.6 Å². The Bertz CT molecular complexity index is 1400. The Labute approximate surface area is 189 Å². The summed E-state index contributed by atoms with van der Waals surface area (Å²) < 4.78 is 7.31. The first-order valence-corrected chi connectivity index (χ1v) is 10.3. The van der Waals surface area contributed by atoms with E-state index in [1.807, 2.05) is 41.9 Å². The van der Waals surface area contributed by atoms with Crippen LogP contribution >= 0.6 is 0 Å². The summed E-state index contributed by atoms with van der Waals surface area (Å²) in [6.07, 6.45) is 3.84. The van der Waals surface area contributed by atoms with E-state index in [0.29, 0.717) is 22.6 Å². The molecule has 0 unspecified atom stereocenters. The molecule has 0 radical (unpaired) electrons. The standard InChI is InChI=1S/C25H20N4O4/c1-15-9-10-28-13-20(26-22(28)11-15)16-7-8-21(33-2)19(12-16)27-23(30)14-29-24(31)17-5-3-4-6-18(17)25(29)32/h3-13H,14H2,1-2H3,(H,27,30). The molecule has 8 nitrogen and oxygen atoms in total. The predicted octanol–water partition coefficient (Wildman–Crippen LogP) is 3.55. The molecule has 3 heterocycles. The van der Waals surface area contributed by atoms with E-state index in [2.05, 4.69) is 10.3 Å². The number of carbonyl (C=O) groups excluding carboxylic acids is 3. The maximum atomic E-state index is 12.8. The highest BCUT2D eigenvalue weighted by Gasteiger charge is 2.36. The van der Waals surface area contributed by atoms with Gasteiger partial charge in [0.1, 0.15) is 17.9 Å². The average molecular weight is 440 g/mol. The summed E-state index contributed by atoms with van der Waals surface area (Å²) in [6.45, 7) is 1.61. The van der Waals surface area contributed by atoms with Crippen LogP contribution in [0.1, 0.15) is 26.3 Å². The van der Waals surface area contributed by atoms with E-state index in [0.717, 1.165) is 27.4 Å². The molecular formula is C25H20N4O4. The number of nitrogens with one attached hydrogen (secondary N) is 1. The molecule has 1 aliphatic heterocycles. The van der Waals surface area contributed by atoms with Crippen LogP contribution in [0.3, 0.4) is 0 Å². The van der Waals surface area contributed by atoms with E-state index < -0.39 is 24.3 Å². The lowest BCUT2D eigenvalue weighted by molar-refractivity contribution is -0.116. The normalized spacial score (nSPS) is 12.8. The molecule has 3 amide bonds. The zero-order chi connectivity index (χ0) is 23.1. The molecule has 0 spiro atoms. The lowest BCUT2D eigenvalue weighted by Crippen LogP contribution is -2.37. The van der Waals surface area contributed by atoms with Crippen molar-refractivity contribution in [1.82, 2.24) is 14.3 Å². The first kappa shape index (κ1) is 20.4. The summed E-state index contributed by atoms with van der Waals surface area (Å²) in [5, 5.41) is 2.76. The van der Waals surface area contributed by atoms with Crippen LogP contribution in [0.5, 0.6) is 5.75 Å². The third-order valence-corrected chi connectivity index (χ3v) is 5.56. The van der Waals surface area contributed by atoms with Crippen LogP contribution in [0.15, 0.2) is 67.0 Å². The molecule has 0 aliphatic carbocycles. The van der Waals surface area contributed by atoms with Crippen molar-refractivity contribution in [3.05, 3.63) is 83.7 Å². The van der Waals surface area contributed by atoms with Crippen LogP contribution in [0.25, 0.3) is 16.9 Å². The van der Waals surface area contributed by atoms with Gasteiger partial charge >= 0.3 is 0 Å². The summed E-state index contributed by atoms with van der Waals surface area (Å²) in [7, 11) is 1.50. The first-order valence-electron chi connectivity index (χ1n) is 10.3. The number of rotatable bonds is 5. The van der Waals surface area contributed by atoms with Crippen molar-refractivity contribution in [2.24, 2.45) is 0 Å². The number of imidazole rings is 1. The summed E-state index contributed by atoms with van der Waals surface area (Å²) >= 11 is 0. The molecule has 1 N–H and O–H groups in total. The van der Waals surface area contributed by atoms with E-state index in [1.54, 1.807) is 36.4 Å². The van der Waals surface area contributed by atoms with Crippen LogP contribution < -0.4 is 10.1 Å². The number of pyridine rings is 1. The van der Waals surface area contributed by atoms with Crippen molar-refractivity contribution < 1.29 is 19.1 Å². The largest absolute Gasteiger partial charge is 0.495 e. The SMILES string of the molecule is COc1ccc(-c2cn3ccc(C)cc3n2)cc1NC(=O)CN1C(=O)c2ccccc2C1=O. The van der Waals surface area contributed by atoms with Crippen LogP contribution in [0, 0.1) is 6.92 Å². The highest BCUT2D eigenvalue weighted by Crippen LogP contribution is 2.31. The zero-order valence-electron chi connectivity index (χ0n) is 18.0. The Balaban J connectivity index is 1.39. The smallest absolute Gasteiger partial charge is 0.262 e. The van der Waals surface area contributed by atoms with Crippen molar-refractivity contribution in [3.8, 4) is 17.0 Å². The quantitative estimate of drug-likeness (QED) is 0.479. The number of benzene rings is 2. The molecule has 5 rings (SSSR count). The molecule has 164 valence electrons. The fourth-order valence-electron chi connectivity index (χ4n) is 3.90. The van der Waals surface area contributed by atoms with Gasteiger partial charge in [0, 0.05) is 18.0 Å².